The van der Waals surface area contributed by atoms with E-state index in [9.17, 15) is 19.1 Å². The zero-order valence-electron chi connectivity index (χ0n) is 16.2. The van der Waals surface area contributed by atoms with Crippen molar-refractivity contribution in [1.82, 2.24) is 9.21 Å². The molecule has 0 saturated carbocycles. The highest BCUT2D eigenvalue weighted by Gasteiger charge is 2.39. The van der Waals surface area contributed by atoms with Gasteiger partial charge in [-0.05, 0) is 35.9 Å². The van der Waals surface area contributed by atoms with Crippen LogP contribution < -0.4 is 4.90 Å². The molecule has 2 aromatic rings. The molecule has 2 heterocycles. The van der Waals surface area contributed by atoms with Crippen LogP contribution in [0.4, 0.5) is 14.9 Å². The van der Waals surface area contributed by atoms with Crippen LogP contribution in [0.15, 0.2) is 42.5 Å². The van der Waals surface area contributed by atoms with E-state index in [-0.39, 0.29) is 36.5 Å². The summed E-state index contributed by atoms with van der Waals surface area (Å²) in [5.74, 6) is -0.445. The first kappa shape index (κ1) is 20.5. The first-order chi connectivity index (χ1) is 14.4. The van der Waals surface area contributed by atoms with E-state index in [1.165, 1.54) is 29.2 Å². The minimum atomic E-state index is -0.396. The fourth-order valence-corrected chi connectivity index (χ4v) is 3.85. The summed E-state index contributed by atoms with van der Waals surface area (Å²) in [6, 6.07) is 10.4. The molecule has 1 N–H and O–H groups in total. The van der Waals surface area contributed by atoms with Gasteiger partial charge in [0.15, 0.2) is 0 Å². The van der Waals surface area contributed by atoms with E-state index in [0.717, 1.165) is 0 Å². The van der Waals surface area contributed by atoms with Crippen molar-refractivity contribution in [2.45, 2.75) is 19.1 Å². The summed E-state index contributed by atoms with van der Waals surface area (Å²) in [6.45, 7) is 2.51. The number of ether oxygens (including phenoxy) is 1. The predicted octanol–water partition coefficient (Wildman–Crippen LogP) is 3.11. The Bertz CT molecular complexity index is 948. The lowest BCUT2D eigenvalue weighted by Gasteiger charge is -2.41. The van der Waals surface area contributed by atoms with Crippen LogP contribution in [0, 0.1) is 5.82 Å². The normalized spacial score (nSPS) is 19.5. The molecule has 4 rings (SSSR count). The average Bonchev–Trinajstić information content (AvgIpc) is 2.73. The van der Waals surface area contributed by atoms with Gasteiger partial charge in [-0.25, -0.2) is 13.5 Å². The van der Waals surface area contributed by atoms with Crippen LogP contribution in [0.3, 0.4) is 0 Å². The van der Waals surface area contributed by atoms with Crippen molar-refractivity contribution in [3.05, 3.63) is 59.4 Å². The van der Waals surface area contributed by atoms with Gasteiger partial charge in [0.25, 0.3) is 0 Å². The Kier molecular flexibility index (Phi) is 5.83. The number of hydrogen-bond acceptors (Lipinski definition) is 6. The van der Waals surface area contributed by atoms with E-state index < -0.39 is 6.09 Å². The van der Waals surface area contributed by atoms with Crippen molar-refractivity contribution in [2.75, 3.05) is 31.1 Å². The zero-order valence-corrected chi connectivity index (χ0v) is 17.1. The molecule has 9 heteroatoms. The Morgan fingerprint density at radius 1 is 1.13 bits per heavy atom. The number of phenolic OH excluding ortho intramolecular Hbond substituents is 1. The van der Waals surface area contributed by atoms with Crippen LogP contribution in [0.25, 0.3) is 0 Å². The SMILES string of the molecule is O=C(OCc1ccc(C2CC(=O)N2c2ccc(F)cc2)c(O)c1)N1CCN(S)CC1. The number of nitrogens with zero attached hydrogens (tertiary/aromatic N) is 3. The molecule has 2 aliphatic rings. The molecule has 2 amide bonds. The third-order valence-corrected chi connectivity index (χ3v) is 5.78. The summed E-state index contributed by atoms with van der Waals surface area (Å²) in [5.41, 5.74) is 1.83. The molecule has 0 radical (unpaired) electrons. The van der Waals surface area contributed by atoms with Gasteiger partial charge in [-0.2, -0.15) is 0 Å². The molecule has 7 nitrogen and oxygen atoms in total. The molecule has 0 aliphatic carbocycles. The number of rotatable bonds is 4. The second kappa shape index (κ2) is 8.53. The maximum absolute atomic E-state index is 13.2. The quantitative estimate of drug-likeness (QED) is 0.575. The summed E-state index contributed by atoms with van der Waals surface area (Å²) in [4.78, 5) is 27.5. The van der Waals surface area contributed by atoms with Crippen LogP contribution in [0.1, 0.15) is 23.6 Å². The first-order valence-electron chi connectivity index (χ1n) is 9.67. The number of carbonyl (C=O) groups is 2. The minimum Gasteiger partial charge on any atom is -0.508 e. The second-order valence-electron chi connectivity index (χ2n) is 7.35. The molecule has 158 valence electrons. The van der Waals surface area contributed by atoms with Gasteiger partial charge in [-0.1, -0.05) is 24.9 Å². The van der Waals surface area contributed by atoms with Crippen molar-refractivity contribution < 1.29 is 23.8 Å². The number of β-lactam (4-membered cyclic amide) rings is 1. The molecular weight excluding hydrogens is 409 g/mol. The molecule has 30 heavy (non-hydrogen) atoms. The fraction of sp³-hybridized carbons (Fsp3) is 0.333. The van der Waals surface area contributed by atoms with E-state index in [1.807, 2.05) is 4.31 Å². The molecule has 0 aromatic heterocycles. The highest BCUT2D eigenvalue weighted by atomic mass is 32.1. The lowest BCUT2D eigenvalue weighted by atomic mass is 9.91. The number of aromatic hydroxyl groups is 1. The standard InChI is InChI=1S/C21H22FN3O4S/c22-15-2-4-16(5-3-15)25-18(12-20(25)27)17-6-1-14(11-19(17)26)13-29-21(28)23-7-9-24(30)10-8-23/h1-6,11,18,26,30H,7-10,12-13H2. The van der Waals surface area contributed by atoms with Gasteiger partial charge in [0.05, 0.1) is 12.5 Å². The Hall–Kier alpha value is -2.78. The minimum absolute atomic E-state index is 0.0249. The highest BCUT2D eigenvalue weighted by Crippen LogP contribution is 2.42. The number of amides is 2. The van der Waals surface area contributed by atoms with Gasteiger partial charge in [-0.15, -0.1) is 0 Å². The van der Waals surface area contributed by atoms with E-state index >= 15 is 0 Å². The van der Waals surface area contributed by atoms with E-state index in [0.29, 0.717) is 43.0 Å². The smallest absolute Gasteiger partial charge is 0.410 e. The first-order valence-corrected chi connectivity index (χ1v) is 10.1. The molecule has 0 spiro atoms. The number of halogens is 1. The third kappa shape index (κ3) is 4.22. The summed E-state index contributed by atoms with van der Waals surface area (Å²) < 4.78 is 20.4. The number of benzene rings is 2. The summed E-state index contributed by atoms with van der Waals surface area (Å²) in [5, 5.41) is 10.5. The second-order valence-corrected chi connectivity index (χ2v) is 7.91. The Morgan fingerprint density at radius 2 is 1.83 bits per heavy atom. The largest absolute Gasteiger partial charge is 0.508 e. The number of thiol groups is 1. The maximum Gasteiger partial charge on any atom is 0.410 e. The topological polar surface area (TPSA) is 73.3 Å². The van der Waals surface area contributed by atoms with E-state index in [1.54, 1.807) is 23.1 Å². The van der Waals surface area contributed by atoms with Crippen LogP contribution >= 0.6 is 12.8 Å². The Labute approximate surface area is 179 Å². The van der Waals surface area contributed by atoms with Crippen molar-refractivity contribution in [1.29, 1.82) is 0 Å². The Balaban J connectivity index is 1.40. The zero-order chi connectivity index (χ0) is 21.3. The molecule has 1 unspecified atom stereocenters. The number of carbonyl (C=O) groups excluding carboxylic acids is 2. The van der Waals surface area contributed by atoms with Gasteiger partial charge in [0, 0.05) is 37.4 Å². The Morgan fingerprint density at radius 3 is 2.47 bits per heavy atom. The van der Waals surface area contributed by atoms with E-state index in [2.05, 4.69) is 12.8 Å². The number of phenols is 1. The average molecular weight is 431 g/mol. The molecule has 2 fully saturated rings. The lowest BCUT2D eigenvalue weighted by Crippen LogP contribution is -2.46. The highest BCUT2D eigenvalue weighted by molar-refractivity contribution is 7.77. The molecule has 2 saturated heterocycles. The predicted molar refractivity (Wildman–Crippen MR) is 112 cm³/mol. The summed E-state index contributed by atoms with van der Waals surface area (Å²) in [7, 11) is 0. The molecule has 1 atom stereocenters. The monoisotopic (exact) mass is 431 g/mol. The number of piperazine rings is 1. The molecule has 2 aromatic carbocycles. The van der Waals surface area contributed by atoms with Crippen molar-refractivity contribution in [3.8, 4) is 5.75 Å². The maximum atomic E-state index is 13.2. The van der Waals surface area contributed by atoms with Crippen molar-refractivity contribution in [2.24, 2.45) is 0 Å². The molecular formula is C21H22FN3O4S. The molecule has 2 aliphatic heterocycles. The van der Waals surface area contributed by atoms with Gasteiger partial charge >= 0.3 is 6.09 Å². The third-order valence-electron chi connectivity index (χ3n) is 5.38. The van der Waals surface area contributed by atoms with Gasteiger partial charge in [0.1, 0.15) is 18.2 Å². The van der Waals surface area contributed by atoms with Gasteiger partial charge < -0.3 is 19.6 Å². The van der Waals surface area contributed by atoms with Crippen LogP contribution in [-0.4, -0.2) is 52.5 Å². The number of anilines is 1. The summed E-state index contributed by atoms with van der Waals surface area (Å²) in [6.07, 6.45) is -0.136. The van der Waals surface area contributed by atoms with Crippen molar-refractivity contribution >= 4 is 30.5 Å². The van der Waals surface area contributed by atoms with Gasteiger partial charge in [-0.3, -0.25) is 4.79 Å². The molecule has 0 bridgehead atoms. The fourth-order valence-electron chi connectivity index (χ4n) is 3.67. The van der Waals surface area contributed by atoms with Gasteiger partial charge in [0.2, 0.25) is 5.91 Å². The van der Waals surface area contributed by atoms with Crippen molar-refractivity contribution in [3.63, 3.8) is 0 Å². The van der Waals surface area contributed by atoms with Crippen LogP contribution in [0.5, 0.6) is 5.75 Å². The van der Waals surface area contributed by atoms with Crippen LogP contribution in [-0.2, 0) is 16.1 Å². The van der Waals surface area contributed by atoms with Crippen LogP contribution in [0.2, 0.25) is 0 Å². The summed E-state index contributed by atoms with van der Waals surface area (Å²) >= 11 is 4.25. The number of hydrogen-bond donors (Lipinski definition) is 2. The lowest BCUT2D eigenvalue weighted by molar-refractivity contribution is -0.124. The van der Waals surface area contributed by atoms with E-state index in [4.69, 9.17) is 4.74 Å².